The van der Waals surface area contributed by atoms with Crippen LogP contribution in [0.15, 0.2) is 0 Å². The SMILES string of the molecule is CC(=O)N(CCO)CC1C2CCC(C2)C1C. The van der Waals surface area contributed by atoms with Crippen LogP contribution in [-0.4, -0.2) is 35.6 Å². The van der Waals surface area contributed by atoms with Gasteiger partial charge in [0.15, 0.2) is 0 Å². The third kappa shape index (κ3) is 2.10. The second-order valence-corrected chi connectivity index (χ2v) is 5.54. The number of hydrogen-bond acceptors (Lipinski definition) is 2. The van der Waals surface area contributed by atoms with E-state index in [9.17, 15) is 4.79 Å². The summed E-state index contributed by atoms with van der Waals surface area (Å²) in [4.78, 5) is 13.3. The molecule has 1 amide bonds. The van der Waals surface area contributed by atoms with Crippen LogP contribution in [0.25, 0.3) is 0 Å². The molecule has 2 rings (SSSR count). The first kappa shape index (κ1) is 11.9. The fourth-order valence-electron chi connectivity index (χ4n) is 3.77. The van der Waals surface area contributed by atoms with Crippen molar-refractivity contribution in [3.05, 3.63) is 0 Å². The monoisotopic (exact) mass is 225 g/mol. The highest BCUT2D eigenvalue weighted by Crippen LogP contribution is 2.52. The van der Waals surface area contributed by atoms with Gasteiger partial charge in [0.1, 0.15) is 0 Å². The molecule has 0 aromatic carbocycles. The standard InChI is InChI=1S/C13H23NO2/c1-9-11-3-4-12(7-11)13(9)8-14(5-6-15)10(2)16/h9,11-13,15H,3-8H2,1-2H3. The van der Waals surface area contributed by atoms with E-state index in [0.717, 1.165) is 24.3 Å². The molecule has 0 saturated heterocycles. The molecule has 2 bridgehead atoms. The Morgan fingerprint density at radius 1 is 1.38 bits per heavy atom. The highest BCUT2D eigenvalue weighted by atomic mass is 16.3. The van der Waals surface area contributed by atoms with Gasteiger partial charge < -0.3 is 10.0 Å². The lowest BCUT2D eigenvalue weighted by atomic mass is 9.80. The molecular weight excluding hydrogens is 202 g/mol. The van der Waals surface area contributed by atoms with Crippen molar-refractivity contribution in [2.45, 2.75) is 33.1 Å². The van der Waals surface area contributed by atoms with Gasteiger partial charge in [0, 0.05) is 20.0 Å². The lowest BCUT2D eigenvalue weighted by Gasteiger charge is -2.33. The number of hydrogen-bond donors (Lipinski definition) is 1. The van der Waals surface area contributed by atoms with E-state index in [2.05, 4.69) is 6.92 Å². The first-order valence-corrected chi connectivity index (χ1v) is 6.50. The van der Waals surface area contributed by atoms with Gasteiger partial charge in [-0.2, -0.15) is 0 Å². The number of rotatable bonds is 4. The lowest BCUT2D eigenvalue weighted by Crippen LogP contribution is -2.39. The van der Waals surface area contributed by atoms with Crippen LogP contribution in [0.3, 0.4) is 0 Å². The Balaban J connectivity index is 1.95. The first-order valence-electron chi connectivity index (χ1n) is 6.50. The maximum Gasteiger partial charge on any atom is 0.219 e. The molecule has 3 nitrogen and oxygen atoms in total. The molecule has 0 aromatic rings. The maximum atomic E-state index is 11.4. The quantitative estimate of drug-likeness (QED) is 0.788. The van der Waals surface area contributed by atoms with Crippen molar-refractivity contribution in [3.8, 4) is 0 Å². The van der Waals surface area contributed by atoms with Gasteiger partial charge in [0.2, 0.25) is 5.91 Å². The van der Waals surface area contributed by atoms with Gasteiger partial charge in [0.25, 0.3) is 0 Å². The van der Waals surface area contributed by atoms with E-state index in [4.69, 9.17) is 5.11 Å². The number of nitrogens with zero attached hydrogens (tertiary/aromatic N) is 1. The van der Waals surface area contributed by atoms with Crippen LogP contribution in [0.1, 0.15) is 33.1 Å². The smallest absolute Gasteiger partial charge is 0.219 e. The molecule has 2 aliphatic carbocycles. The third-order valence-corrected chi connectivity index (χ3v) is 4.78. The van der Waals surface area contributed by atoms with Crippen molar-refractivity contribution >= 4 is 5.91 Å². The van der Waals surface area contributed by atoms with Crippen molar-refractivity contribution in [1.29, 1.82) is 0 Å². The maximum absolute atomic E-state index is 11.4. The summed E-state index contributed by atoms with van der Waals surface area (Å²) in [5, 5.41) is 8.96. The Kier molecular flexibility index (Phi) is 3.53. The molecular formula is C13H23NO2. The molecule has 3 heteroatoms. The predicted octanol–water partition coefficient (Wildman–Crippen LogP) is 1.51. The van der Waals surface area contributed by atoms with Gasteiger partial charge in [-0.1, -0.05) is 6.92 Å². The third-order valence-electron chi connectivity index (χ3n) is 4.78. The number of aliphatic hydroxyl groups excluding tert-OH is 1. The average Bonchev–Trinajstić information content (AvgIpc) is 2.80. The molecule has 1 N–H and O–H groups in total. The van der Waals surface area contributed by atoms with Crippen molar-refractivity contribution in [1.82, 2.24) is 4.90 Å². The number of aliphatic hydroxyl groups is 1. The number of carbonyl (C=O) groups excluding carboxylic acids is 1. The highest BCUT2D eigenvalue weighted by Gasteiger charge is 2.45. The van der Waals surface area contributed by atoms with Crippen molar-refractivity contribution in [3.63, 3.8) is 0 Å². The zero-order valence-corrected chi connectivity index (χ0v) is 10.4. The molecule has 0 spiro atoms. The van der Waals surface area contributed by atoms with E-state index in [1.165, 1.54) is 19.3 Å². The Morgan fingerprint density at radius 2 is 2.06 bits per heavy atom. The molecule has 16 heavy (non-hydrogen) atoms. The molecule has 4 atom stereocenters. The summed E-state index contributed by atoms with van der Waals surface area (Å²) in [6.45, 7) is 5.38. The summed E-state index contributed by atoms with van der Waals surface area (Å²) in [5.41, 5.74) is 0. The number of carbonyl (C=O) groups is 1. The fourth-order valence-corrected chi connectivity index (χ4v) is 3.77. The second-order valence-electron chi connectivity index (χ2n) is 5.54. The van der Waals surface area contributed by atoms with Crippen molar-refractivity contribution < 1.29 is 9.90 Å². The van der Waals surface area contributed by atoms with E-state index in [-0.39, 0.29) is 12.5 Å². The summed E-state index contributed by atoms with van der Waals surface area (Å²) >= 11 is 0. The van der Waals surface area contributed by atoms with Crippen LogP contribution >= 0.6 is 0 Å². The topological polar surface area (TPSA) is 40.5 Å². The Bertz CT molecular complexity index is 265. The molecule has 2 aliphatic rings. The van der Waals surface area contributed by atoms with Crippen molar-refractivity contribution in [2.24, 2.45) is 23.7 Å². The van der Waals surface area contributed by atoms with Gasteiger partial charge >= 0.3 is 0 Å². The molecule has 2 fully saturated rings. The largest absolute Gasteiger partial charge is 0.395 e. The second kappa shape index (κ2) is 4.74. The molecule has 4 unspecified atom stereocenters. The van der Waals surface area contributed by atoms with E-state index in [1.54, 1.807) is 6.92 Å². The van der Waals surface area contributed by atoms with E-state index < -0.39 is 0 Å². The minimum atomic E-state index is 0.0782. The van der Waals surface area contributed by atoms with E-state index in [1.807, 2.05) is 4.90 Å². The summed E-state index contributed by atoms with van der Waals surface area (Å²) < 4.78 is 0. The molecule has 2 saturated carbocycles. The Labute approximate surface area is 97.8 Å². The van der Waals surface area contributed by atoms with Crippen LogP contribution in [0.2, 0.25) is 0 Å². The summed E-state index contributed by atoms with van der Waals surface area (Å²) in [6, 6.07) is 0. The molecule has 0 heterocycles. The minimum absolute atomic E-state index is 0.0782. The molecule has 0 aromatic heterocycles. The summed E-state index contributed by atoms with van der Waals surface area (Å²) in [6.07, 6.45) is 4.11. The Morgan fingerprint density at radius 3 is 2.56 bits per heavy atom. The average molecular weight is 225 g/mol. The fraction of sp³-hybridized carbons (Fsp3) is 0.923. The van der Waals surface area contributed by atoms with Crippen molar-refractivity contribution in [2.75, 3.05) is 19.7 Å². The lowest BCUT2D eigenvalue weighted by molar-refractivity contribution is -0.130. The normalized spacial score (nSPS) is 36.7. The first-order chi connectivity index (χ1) is 7.63. The van der Waals surface area contributed by atoms with Crippen LogP contribution in [0.4, 0.5) is 0 Å². The summed E-state index contributed by atoms with van der Waals surface area (Å²) in [7, 11) is 0. The van der Waals surface area contributed by atoms with Crippen LogP contribution in [-0.2, 0) is 4.79 Å². The van der Waals surface area contributed by atoms with Crippen LogP contribution in [0.5, 0.6) is 0 Å². The van der Waals surface area contributed by atoms with Gasteiger partial charge in [-0.25, -0.2) is 0 Å². The number of fused-ring (bicyclic) bond motifs is 2. The highest BCUT2D eigenvalue weighted by molar-refractivity contribution is 5.73. The minimum Gasteiger partial charge on any atom is -0.395 e. The number of amides is 1. The Hall–Kier alpha value is -0.570. The van der Waals surface area contributed by atoms with Gasteiger partial charge in [0.05, 0.1) is 6.61 Å². The van der Waals surface area contributed by atoms with Crippen LogP contribution < -0.4 is 0 Å². The van der Waals surface area contributed by atoms with E-state index >= 15 is 0 Å². The zero-order chi connectivity index (χ0) is 11.7. The molecule has 0 radical (unpaired) electrons. The predicted molar refractivity (Wildman–Crippen MR) is 62.8 cm³/mol. The zero-order valence-electron chi connectivity index (χ0n) is 10.4. The van der Waals surface area contributed by atoms with Gasteiger partial charge in [-0.3, -0.25) is 4.79 Å². The summed E-state index contributed by atoms with van der Waals surface area (Å²) in [5.74, 6) is 3.27. The van der Waals surface area contributed by atoms with Gasteiger partial charge in [-0.15, -0.1) is 0 Å². The van der Waals surface area contributed by atoms with E-state index in [0.29, 0.717) is 12.5 Å². The van der Waals surface area contributed by atoms with Gasteiger partial charge in [-0.05, 0) is 42.9 Å². The van der Waals surface area contributed by atoms with Crippen LogP contribution in [0, 0.1) is 23.7 Å². The molecule has 92 valence electrons. The molecule has 0 aliphatic heterocycles.